The van der Waals surface area contributed by atoms with Crippen LogP contribution < -0.4 is 9.47 Å². The number of ether oxygens (including phenoxy) is 2. The van der Waals surface area contributed by atoms with E-state index in [9.17, 15) is 0 Å². The molecule has 0 aliphatic carbocycles. The molecule has 1 saturated heterocycles. The first-order chi connectivity index (χ1) is 11.9. The summed E-state index contributed by atoms with van der Waals surface area (Å²) in [6.45, 7) is 3.67. The van der Waals surface area contributed by atoms with Crippen molar-refractivity contribution in [2.75, 3.05) is 26.3 Å². The second-order valence-electron chi connectivity index (χ2n) is 6.69. The number of benzene rings is 2. The Labute approximate surface area is 144 Å². The molecule has 2 aliphatic rings. The van der Waals surface area contributed by atoms with E-state index in [4.69, 9.17) is 9.47 Å². The maximum Gasteiger partial charge on any atom is 0.161 e. The van der Waals surface area contributed by atoms with Gasteiger partial charge in [-0.15, -0.1) is 0 Å². The van der Waals surface area contributed by atoms with Crippen LogP contribution in [0.25, 0.3) is 0 Å². The van der Waals surface area contributed by atoms with Gasteiger partial charge in [-0.25, -0.2) is 0 Å². The highest BCUT2D eigenvalue weighted by molar-refractivity contribution is 5.44. The third-order valence-corrected chi connectivity index (χ3v) is 5.07. The Balaban J connectivity index is 1.39. The molecule has 0 aromatic heterocycles. The van der Waals surface area contributed by atoms with Crippen LogP contribution in [0.5, 0.6) is 11.5 Å². The van der Waals surface area contributed by atoms with E-state index in [1.54, 1.807) is 0 Å². The van der Waals surface area contributed by atoms with Gasteiger partial charge < -0.3 is 9.47 Å². The molecule has 4 rings (SSSR count). The van der Waals surface area contributed by atoms with E-state index in [-0.39, 0.29) is 0 Å². The Morgan fingerprint density at radius 1 is 0.958 bits per heavy atom. The van der Waals surface area contributed by atoms with E-state index in [1.165, 1.54) is 36.9 Å². The second kappa shape index (κ2) is 7.27. The second-order valence-corrected chi connectivity index (χ2v) is 6.69. The fourth-order valence-corrected chi connectivity index (χ4v) is 3.87. The Morgan fingerprint density at radius 3 is 2.67 bits per heavy atom. The van der Waals surface area contributed by atoms with Crippen LogP contribution in [0.2, 0.25) is 0 Å². The van der Waals surface area contributed by atoms with Crippen molar-refractivity contribution in [2.45, 2.75) is 31.7 Å². The first kappa shape index (κ1) is 15.5. The predicted octanol–water partition coefficient (Wildman–Crippen LogP) is 4.23. The topological polar surface area (TPSA) is 21.7 Å². The summed E-state index contributed by atoms with van der Waals surface area (Å²) in [6.07, 6.45) is 4.89. The summed E-state index contributed by atoms with van der Waals surface area (Å²) < 4.78 is 11.4. The highest BCUT2D eigenvalue weighted by Gasteiger charge is 2.26. The Kier molecular flexibility index (Phi) is 4.70. The van der Waals surface area contributed by atoms with Crippen molar-refractivity contribution < 1.29 is 9.47 Å². The van der Waals surface area contributed by atoms with Gasteiger partial charge in [0.2, 0.25) is 0 Å². The molecule has 126 valence electrons. The molecular weight excluding hydrogens is 298 g/mol. The third-order valence-electron chi connectivity index (χ3n) is 5.07. The first-order valence-electron chi connectivity index (χ1n) is 9.08. The van der Waals surface area contributed by atoms with Crippen molar-refractivity contribution >= 4 is 0 Å². The quantitative estimate of drug-likeness (QED) is 0.822. The maximum atomic E-state index is 5.75. The summed E-state index contributed by atoms with van der Waals surface area (Å²) in [6, 6.07) is 17.8. The minimum Gasteiger partial charge on any atom is -0.486 e. The van der Waals surface area contributed by atoms with Crippen molar-refractivity contribution in [2.24, 2.45) is 0 Å². The van der Waals surface area contributed by atoms with Gasteiger partial charge in [-0.05, 0) is 62.0 Å². The largest absolute Gasteiger partial charge is 0.486 e. The standard InChI is InChI=1S/C21H25NO2/c1-2-6-17(7-3-1)8-4-12-22-13-5-9-19(22)18-10-11-20-21(16-18)24-15-14-23-20/h1-3,6-7,10-11,16,19H,4-5,8-9,12-15H2. The molecule has 0 amide bonds. The monoisotopic (exact) mass is 323 g/mol. The Hall–Kier alpha value is -2.00. The predicted molar refractivity (Wildman–Crippen MR) is 95.7 cm³/mol. The molecule has 0 N–H and O–H groups in total. The van der Waals surface area contributed by atoms with Crippen LogP contribution in [-0.2, 0) is 6.42 Å². The fraction of sp³-hybridized carbons (Fsp3) is 0.429. The first-order valence-corrected chi connectivity index (χ1v) is 9.08. The van der Waals surface area contributed by atoms with Crippen LogP contribution in [0.15, 0.2) is 48.5 Å². The van der Waals surface area contributed by atoms with E-state index >= 15 is 0 Å². The van der Waals surface area contributed by atoms with Crippen molar-refractivity contribution in [1.82, 2.24) is 4.90 Å². The van der Waals surface area contributed by atoms with Gasteiger partial charge in [-0.2, -0.15) is 0 Å². The lowest BCUT2D eigenvalue weighted by Gasteiger charge is -2.26. The van der Waals surface area contributed by atoms with Crippen LogP contribution in [0.4, 0.5) is 0 Å². The molecule has 0 spiro atoms. The summed E-state index contributed by atoms with van der Waals surface area (Å²) >= 11 is 0. The van der Waals surface area contributed by atoms with Crippen LogP contribution in [0, 0.1) is 0 Å². The van der Waals surface area contributed by atoms with E-state index in [0.29, 0.717) is 19.3 Å². The fourth-order valence-electron chi connectivity index (χ4n) is 3.87. The van der Waals surface area contributed by atoms with Gasteiger partial charge in [0.15, 0.2) is 11.5 Å². The number of aryl methyl sites for hydroxylation is 1. The van der Waals surface area contributed by atoms with Gasteiger partial charge >= 0.3 is 0 Å². The molecule has 2 aromatic carbocycles. The average Bonchev–Trinajstić information content (AvgIpc) is 3.11. The minimum atomic E-state index is 0.525. The van der Waals surface area contributed by atoms with Gasteiger partial charge in [0, 0.05) is 6.04 Å². The average molecular weight is 323 g/mol. The molecule has 24 heavy (non-hydrogen) atoms. The van der Waals surface area contributed by atoms with Crippen molar-refractivity contribution in [1.29, 1.82) is 0 Å². The number of hydrogen-bond acceptors (Lipinski definition) is 3. The van der Waals surface area contributed by atoms with E-state index in [1.807, 2.05) is 0 Å². The lowest BCUT2D eigenvalue weighted by atomic mass is 10.0. The maximum absolute atomic E-state index is 5.75. The van der Waals surface area contributed by atoms with Gasteiger partial charge in [0.05, 0.1) is 0 Å². The Bertz CT molecular complexity index is 671. The lowest BCUT2D eigenvalue weighted by molar-refractivity contribution is 0.170. The molecule has 2 aliphatic heterocycles. The minimum absolute atomic E-state index is 0.525. The summed E-state index contributed by atoms with van der Waals surface area (Å²) in [5, 5.41) is 0. The molecule has 2 aromatic rings. The van der Waals surface area contributed by atoms with Crippen molar-refractivity contribution in [3.63, 3.8) is 0 Å². The third kappa shape index (κ3) is 3.41. The number of fused-ring (bicyclic) bond motifs is 1. The van der Waals surface area contributed by atoms with E-state index in [2.05, 4.69) is 53.4 Å². The molecule has 1 fully saturated rings. The normalized spacial score (nSPS) is 20.2. The van der Waals surface area contributed by atoms with Crippen molar-refractivity contribution in [3.05, 3.63) is 59.7 Å². The summed E-state index contributed by atoms with van der Waals surface area (Å²) in [7, 11) is 0. The Morgan fingerprint density at radius 2 is 1.79 bits per heavy atom. The molecular formula is C21H25NO2. The van der Waals surface area contributed by atoms with Crippen LogP contribution >= 0.6 is 0 Å². The number of rotatable bonds is 5. The molecule has 0 radical (unpaired) electrons. The van der Waals surface area contributed by atoms with Gasteiger partial charge in [-0.1, -0.05) is 36.4 Å². The highest BCUT2D eigenvalue weighted by Crippen LogP contribution is 2.38. The zero-order valence-electron chi connectivity index (χ0n) is 14.1. The van der Waals surface area contributed by atoms with E-state index in [0.717, 1.165) is 24.5 Å². The summed E-state index contributed by atoms with van der Waals surface area (Å²) in [5.74, 6) is 1.80. The SMILES string of the molecule is c1ccc(CCCN2CCCC2c2ccc3c(c2)OCCO3)cc1. The zero-order valence-corrected chi connectivity index (χ0v) is 14.1. The number of hydrogen-bond donors (Lipinski definition) is 0. The summed E-state index contributed by atoms with van der Waals surface area (Å²) in [4.78, 5) is 2.63. The van der Waals surface area contributed by atoms with Crippen molar-refractivity contribution in [3.8, 4) is 11.5 Å². The lowest BCUT2D eigenvalue weighted by Crippen LogP contribution is -2.25. The molecule has 0 saturated carbocycles. The molecule has 3 nitrogen and oxygen atoms in total. The van der Waals surface area contributed by atoms with E-state index < -0.39 is 0 Å². The molecule has 1 atom stereocenters. The van der Waals surface area contributed by atoms with Crippen LogP contribution in [0.1, 0.15) is 36.4 Å². The van der Waals surface area contributed by atoms with Gasteiger partial charge in [0.1, 0.15) is 13.2 Å². The van der Waals surface area contributed by atoms with Crippen LogP contribution in [0.3, 0.4) is 0 Å². The molecule has 0 bridgehead atoms. The molecule has 2 heterocycles. The number of nitrogens with zero attached hydrogens (tertiary/aromatic N) is 1. The molecule has 1 unspecified atom stereocenters. The highest BCUT2D eigenvalue weighted by atomic mass is 16.6. The summed E-state index contributed by atoms with van der Waals surface area (Å²) in [5.41, 5.74) is 2.81. The molecule has 3 heteroatoms. The zero-order chi connectivity index (χ0) is 16.2. The van der Waals surface area contributed by atoms with Gasteiger partial charge in [-0.3, -0.25) is 4.90 Å². The smallest absolute Gasteiger partial charge is 0.161 e. The van der Waals surface area contributed by atoms with Crippen LogP contribution in [-0.4, -0.2) is 31.2 Å². The van der Waals surface area contributed by atoms with Gasteiger partial charge in [0.25, 0.3) is 0 Å². The number of likely N-dealkylation sites (tertiary alicyclic amines) is 1.